The first-order chi connectivity index (χ1) is 13.1. The molecule has 4 heteroatoms. The lowest BCUT2D eigenvalue weighted by molar-refractivity contribution is 0.139. The highest BCUT2D eigenvalue weighted by molar-refractivity contribution is 9.10. The minimum absolute atomic E-state index is 0.533. The van der Waals surface area contributed by atoms with E-state index in [1.54, 1.807) is 14.2 Å². The Morgan fingerprint density at radius 3 is 2.48 bits per heavy atom. The molecule has 0 saturated carbocycles. The zero-order chi connectivity index (χ0) is 19.2. The number of benzene rings is 2. The van der Waals surface area contributed by atoms with E-state index in [2.05, 4.69) is 58.1 Å². The van der Waals surface area contributed by atoms with E-state index in [4.69, 9.17) is 9.47 Å². The van der Waals surface area contributed by atoms with E-state index >= 15 is 0 Å². The van der Waals surface area contributed by atoms with Crippen molar-refractivity contribution in [2.24, 2.45) is 5.92 Å². The van der Waals surface area contributed by atoms with Crippen LogP contribution in [0.2, 0.25) is 0 Å². The molecule has 3 rings (SSSR count). The average molecular weight is 432 g/mol. The molecule has 1 fully saturated rings. The molecule has 1 saturated heterocycles. The zero-order valence-electron chi connectivity index (χ0n) is 16.6. The third-order valence-corrected chi connectivity index (χ3v) is 6.52. The molecule has 3 nitrogen and oxygen atoms in total. The smallest absolute Gasteiger partial charge is 0.122 e. The van der Waals surface area contributed by atoms with Crippen LogP contribution < -0.4 is 9.47 Å². The van der Waals surface area contributed by atoms with Gasteiger partial charge in [-0.25, -0.2) is 0 Å². The fourth-order valence-electron chi connectivity index (χ4n) is 4.06. The third-order valence-electron chi connectivity index (χ3n) is 5.74. The molecule has 146 valence electrons. The fourth-order valence-corrected chi connectivity index (χ4v) is 4.47. The first kappa shape index (κ1) is 20.2. The standard InChI is InChI=1S/C23H30BrNO2/c1-17(14-19-6-4-5-7-23(19)27-3)25-12-10-18(11-13-25)15-20-16-21(26-2)8-9-22(20)24/h4-9,16-18H,10-15H2,1-3H3. The van der Waals surface area contributed by atoms with Crippen molar-refractivity contribution in [3.05, 3.63) is 58.1 Å². The molecular formula is C23H30BrNO2. The van der Waals surface area contributed by atoms with Gasteiger partial charge in [0.2, 0.25) is 0 Å². The Hall–Kier alpha value is -1.52. The molecule has 0 aromatic heterocycles. The maximum atomic E-state index is 5.51. The Morgan fingerprint density at radius 2 is 1.78 bits per heavy atom. The highest BCUT2D eigenvalue weighted by Crippen LogP contribution is 2.30. The molecule has 27 heavy (non-hydrogen) atoms. The van der Waals surface area contributed by atoms with Gasteiger partial charge in [0.25, 0.3) is 0 Å². The van der Waals surface area contributed by atoms with Crippen molar-refractivity contribution in [3.8, 4) is 11.5 Å². The Labute approximate surface area is 171 Å². The first-order valence-electron chi connectivity index (χ1n) is 9.79. The number of rotatable bonds is 7. The van der Waals surface area contributed by atoms with Crippen LogP contribution in [-0.4, -0.2) is 38.3 Å². The molecule has 0 radical (unpaired) electrons. The highest BCUT2D eigenvalue weighted by Gasteiger charge is 2.24. The van der Waals surface area contributed by atoms with E-state index < -0.39 is 0 Å². The highest BCUT2D eigenvalue weighted by atomic mass is 79.9. The Bertz CT molecular complexity index is 741. The van der Waals surface area contributed by atoms with Gasteiger partial charge in [-0.1, -0.05) is 34.1 Å². The second-order valence-corrected chi connectivity index (χ2v) is 8.36. The van der Waals surface area contributed by atoms with Crippen LogP contribution in [0, 0.1) is 5.92 Å². The van der Waals surface area contributed by atoms with Gasteiger partial charge in [0.05, 0.1) is 14.2 Å². The molecule has 2 aromatic rings. The summed E-state index contributed by atoms with van der Waals surface area (Å²) < 4.78 is 12.1. The summed E-state index contributed by atoms with van der Waals surface area (Å²) in [5.74, 6) is 2.68. The number of para-hydroxylation sites is 1. The molecule has 0 N–H and O–H groups in total. The van der Waals surface area contributed by atoms with Crippen molar-refractivity contribution >= 4 is 15.9 Å². The first-order valence-corrected chi connectivity index (χ1v) is 10.6. The summed E-state index contributed by atoms with van der Waals surface area (Å²) in [7, 11) is 3.49. The van der Waals surface area contributed by atoms with Crippen molar-refractivity contribution < 1.29 is 9.47 Å². The van der Waals surface area contributed by atoms with Gasteiger partial charge in [-0.15, -0.1) is 0 Å². The van der Waals surface area contributed by atoms with Crippen molar-refractivity contribution in [1.82, 2.24) is 4.90 Å². The molecule has 0 spiro atoms. The number of hydrogen-bond donors (Lipinski definition) is 0. The minimum Gasteiger partial charge on any atom is -0.497 e. The van der Waals surface area contributed by atoms with Crippen LogP contribution in [0.15, 0.2) is 46.9 Å². The summed E-state index contributed by atoms with van der Waals surface area (Å²) in [6.07, 6.45) is 4.66. The molecule has 0 aliphatic carbocycles. The van der Waals surface area contributed by atoms with E-state index in [0.29, 0.717) is 6.04 Å². The number of ether oxygens (including phenoxy) is 2. The van der Waals surface area contributed by atoms with Gasteiger partial charge in [-0.3, -0.25) is 0 Å². The van der Waals surface area contributed by atoms with Gasteiger partial charge in [0.1, 0.15) is 11.5 Å². The van der Waals surface area contributed by atoms with Crippen molar-refractivity contribution in [2.75, 3.05) is 27.3 Å². The molecule has 0 bridgehead atoms. The van der Waals surface area contributed by atoms with Gasteiger partial charge >= 0.3 is 0 Å². The number of likely N-dealkylation sites (tertiary alicyclic amines) is 1. The molecule has 1 unspecified atom stereocenters. The fraction of sp³-hybridized carbons (Fsp3) is 0.478. The van der Waals surface area contributed by atoms with Crippen molar-refractivity contribution in [3.63, 3.8) is 0 Å². The molecule has 0 amide bonds. The summed E-state index contributed by atoms with van der Waals surface area (Å²) in [6.45, 7) is 4.68. The van der Waals surface area contributed by atoms with E-state index in [0.717, 1.165) is 30.3 Å². The summed E-state index contributed by atoms with van der Waals surface area (Å²) in [5.41, 5.74) is 2.66. The molecule has 1 aliphatic rings. The molecule has 1 atom stereocenters. The number of hydrogen-bond acceptors (Lipinski definition) is 3. The third kappa shape index (κ3) is 5.26. The van der Waals surface area contributed by atoms with Crippen LogP contribution in [0.3, 0.4) is 0 Å². The van der Waals surface area contributed by atoms with Crippen molar-refractivity contribution in [2.45, 2.75) is 38.6 Å². The van der Waals surface area contributed by atoms with Gasteiger partial charge in [-0.2, -0.15) is 0 Å². The van der Waals surface area contributed by atoms with Crippen LogP contribution in [0.4, 0.5) is 0 Å². The maximum Gasteiger partial charge on any atom is 0.122 e. The maximum absolute atomic E-state index is 5.51. The zero-order valence-corrected chi connectivity index (χ0v) is 18.2. The second kappa shape index (κ2) is 9.61. The average Bonchev–Trinajstić information content (AvgIpc) is 2.70. The molecule has 1 aliphatic heterocycles. The topological polar surface area (TPSA) is 21.7 Å². The lowest BCUT2D eigenvalue weighted by atomic mass is 9.89. The van der Waals surface area contributed by atoms with Crippen molar-refractivity contribution in [1.29, 1.82) is 0 Å². The van der Waals surface area contributed by atoms with Gasteiger partial charge in [0.15, 0.2) is 0 Å². The number of halogens is 1. The van der Waals surface area contributed by atoms with Gasteiger partial charge < -0.3 is 14.4 Å². The lowest BCUT2D eigenvalue weighted by Crippen LogP contribution is -2.41. The second-order valence-electron chi connectivity index (χ2n) is 7.51. The summed E-state index contributed by atoms with van der Waals surface area (Å²) >= 11 is 3.69. The van der Waals surface area contributed by atoms with Crippen LogP contribution in [0.5, 0.6) is 11.5 Å². The SMILES string of the molecule is COc1ccc(Br)c(CC2CCN(C(C)Cc3ccccc3OC)CC2)c1. The van der Waals surface area contributed by atoms with Gasteiger partial charge in [-0.05, 0) is 87.0 Å². The van der Waals surface area contributed by atoms with E-state index in [1.807, 2.05) is 12.1 Å². The monoisotopic (exact) mass is 431 g/mol. The lowest BCUT2D eigenvalue weighted by Gasteiger charge is -2.36. The Morgan fingerprint density at radius 1 is 1.04 bits per heavy atom. The van der Waals surface area contributed by atoms with Crippen LogP contribution >= 0.6 is 15.9 Å². The van der Waals surface area contributed by atoms with E-state index in [-0.39, 0.29) is 0 Å². The molecular weight excluding hydrogens is 402 g/mol. The summed E-state index contributed by atoms with van der Waals surface area (Å²) in [4.78, 5) is 2.63. The Kier molecular flexibility index (Phi) is 7.20. The summed E-state index contributed by atoms with van der Waals surface area (Å²) in [6, 6.07) is 15.2. The van der Waals surface area contributed by atoms with Gasteiger partial charge in [0, 0.05) is 10.5 Å². The van der Waals surface area contributed by atoms with E-state index in [9.17, 15) is 0 Å². The normalized spacial score (nSPS) is 16.9. The van der Waals surface area contributed by atoms with Crippen LogP contribution in [0.1, 0.15) is 30.9 Å². The quantitative estimate of drug-likeness (QED) is 0.589. The molecule has 1 heterocycles. The van der Waals surface area contributed by atoms with E-state index in [1.165, 1.54) is 41.5 Å². The number of methoxy groups -OCH3 is 2. The largest absolute Gasteiger partial charge is 0.497 e. The predicted molar refractivity (Wildman–Crippen MR) is 115 cm³/mol. The number of piperidine rings is 1. The number of nitrogens with zero attached hydrogens (tertiary/aromatic N) is 1. The van der Waals surface area contributed by atoms with Crippen LogP contribution in [0.25, 0.3) is 0 Å². The Balaban J connectivity index is 1.54. The molecule has 2 aromatic carbocycles. The summed E-state index contributed by atoms with van der Waals surface area (Å²) in [5, 5.41) is 0. The van der Waals surface area contributed by atoms with Crippen LogP contribution in [-0.2, 0) is 12.8 Å². The predicted octanol–water partition coefficient (Wildman–Crippen LogP) is 5.35. The minimum atomic E-state index is 0.533.